The van der Waals surface area contributed by atoms with E-state index in [0.717, 1.165) is 15.3 Å². The van der Waals surface area contributed by atoms with Gasteiger partial charge < -0.3 is 24.0 Å². The van der Waals surface area contributed by atoms with E-state index in [-0.39, 0.29) is 18.4 Å². The molecule has 3 rings (SSSR count). The molecule has 0 spiro atoms. The van der Waals surface area contributed by atoms with Crippen LogP contribution in [0.1, 0.15) is 27.3 Å². The van der Waals surface area contributed by atoms with E-state index in [1.807, 2.05) is 46.0 Å². The Labute approximate surface area is 227 Å². The highest BCUT2D eigenvalue weighted by atomic mass is 32.1. The Kier molecular flexibility index (Phi) is 11.4. The summed E-state index contributed by atoms with van der Waals surface area (Å²) in [6.07, 6.45) is 1.63. The standard InChI is InChI=1S/C28H36N2O5S2/c1-21-11-16-37-26(21)19-30(13-10-22-8-9-24(34-3)25(17-22)35-4)28(32)20-29(12-6-14-33-2)27(31)18-23-7-5-15-36-23/h5,7-9,11,15-17H,6,10,12-14,18-20H2,1-4H3. The molecular formula is C28H36N2O5S2. The molecule has 2 amide bonds. The first-order valence-corrected chi connectivity index (χ1v) is 14.0. The third-order valence-corrected chi connectivity index (χ3v) is 8.02. The van der Waals surface area contributed by atoms with Crippen LogP contribution in [-0.4, -0.2) is 69.2 Å². The van der Waals surface area contributed by atoms with Crippen LogP contribution in [0.4, 0.5) is 0 Å². The van der Waals surface area contributed by atoms with Crippen molar-refractivity contribution >= 4 is 34.5 Å². The van der Waals surface area contributed by atoms with Gasteiger partial charge in [0.15, 0.2) is 11.5 Å². The van der Waals surface area contributed by atoms with Gasteiger partial charge in [-0.25, -0.2) is 0 Å². The van der Waals surface area contributed by atoms with Gasteiger partial charge in [-0.3, -0.25) is 9.59 Å². The van der Waals surface area contributed by atoms with Gasteiger partial charge in [0.25, 0.3) is 0 Å². The second-order valence-electron chi connectivity index (χ2n) is 8.70. The van der Waals surface area contributed by atoms with Crippen molar-refractivity contribution in [1.82, 2.24) is 9.80 Å². The molecule has 0 saturated heterocycles. The lowest BCUT2D eigenvalue weighted by Crippen LogP contribution is -2.44. The van der Waals surface area contributed by atoms with Gasteiger partial charge in [0.1, 0.15) is 0 Å². The van der Waals surface area contributed by atoms with Crippen molar-refractivity contribution in [3.63, 3.8) is 0 Å². The zero-order valence-electron chi connectivity index (χ0n) is 22.0. The smallest absolute Gasteiger partial charge is 0.242 e. The predicted molar refractivity (Wildman–Crippen MR) is 149 cm³/mol. The molecule has 9 heteroatoms. The minimum absolute atomic E-state index is 0.0425. The highest BCUT2D eigenvalue weighted by Gasteiger charge is 2.23. The number of hydrogen-bond donors (Lipinski definition) is 0. The van der Waals surface area contributed by atoms with Gasteiger partial charge in [-0.1, -0.05) is 12.1 Å². The maximum atomic E-state index is 13.6. The molecule has 200 valence electrons. The minimum Gasteiger partial charge on any atom is -0.493 e. The lowest BCUT2D eigenvalue weighted by molar-refractivity contribution is -0.140. The zero-order chi connectivity index (χ0) is 26.6. The number of aryl methyl sites for hydroxylation is 1. The summed E-state index contributed by atoms with van der Waals surface area (Å²) in [6, 6.07) is 11.8. The first kappa shape index (κ1) is 28.7. The molecule has 0 unspecified atom stereocenters. The van der Waals surface area contributed by atoms with Crippen molar-refractivity contribution in [1.29, 1.82) is 0 Å². The number of ether oxygens (including phenoxy) is 3. The van der Waals surface area contributed by atoms with Crippen LogP contribution < -0.4 is 9.47 Å². The second-order valence-corrected chi connectivity index (χ2v) is 10.7. The van der Waals surface area contributed by atoms with E-state index >= 15 is 0 Å². The van der Waals surface area contributed by atoms with Gasteiger partial charge in [-0.15, -0.1) is 22.7 Å². The van der Waals surface area contributed by atoms with Crippen molar-refractivity contribution in [2.24, 2.45) is 0 Å². The number of nitrogens with zero attached hydrogens (tertiary/aromatic N) is 2. The van der Waals surface area contributed by atoms with Gasteiger partial charge in [0.05, 0.1) is 33.7 Å². The molecule has 0 aliphatic carbocycles. The van der Waals surface area contributed by atoms with Gasteiger partial charge >= 0.3 is 0 Å². The first-order valence-electron chi connectivity index (χ1n) is 12.3. The predicted octanol–water partition coefficient (Wildman–Crippen LogP) is 4.81. The quantitative estimate of drug-likeness (QED) is 0.257. The average molecular weight is 545 g/mol. The number of thiophene rings is 2. The van der Waals surface area contributed by atoms with E-state index in [1.54, 1.807) is 48.9 Å². The number of carbonyl (C=O) groups is 2. The van der Waals surface area contributed by atoms with Crippen LogP contribution in [0.3, 0.4) is 0 Å². The average Bonchev–Trinajstić information content (AvgIpc) is 3.57. The fraction of sp³-hybridized carbons (Fsp3) is 0.429. The van der Waals surface area contributed by atoms with Gasteiger partial charge in [-0.05, 0) is 65.9 Å². The summed E-state index contributed by atoms with van der Waals surface area (Å²) in [7, 11) is 4.87. The first-order chi connectivity index (χ1) is 17.9. The van der Waals surface area contributed by atoms with E-state index in [9.17, 15) is 9.59 Å². The van der Waals surface area contributed by atoms with Gasteiger partial charge in [0, 0.05) is 36.6 Å². The van der Waals surface area contributed by atoms with Crippen LogP contribution in [0.2, 0.25) is 0 Å². The molecule has 0 bridgehead atoms. The molecule has 0 radical (unpaired) electrons. The van der Waals surface area contributed by atoms with E-state index in [1.165, 1.54) is 5.56 Å². The maximum Gasteiger partial charge on any atom is 0.242 e. The largest absolute Gasteiger partial charge is 0.493 e. The number of rotatable bonds is 15. The van der Waals surface area contributed by atoms with Crippen molar-refractivity contribution in [2.75, 3.05) is 47.6 Å². The molecule has 0 aliphatic heterocycles. The highest BCUT2D eigenvalue weighted by Crippen LogP contribution is 2.28. The molecular weight excluding hydrogens is 508 g/mol. The van der Waals surface area contributed by atoms with Crippen molar-refractivity contribution < 1.29 is 23.8 Å². The van der Waals surface area contributed by atoms with Crippen molar-refractivity contribution in [2.45, 2.75) is 32.7 Å². The Morgan fingerprint density at radius 3 is 2.35 bits per heavy atom. The molecule has 2 heterocycles. The number of benzene rings is 1. The molecule has 7 nitrogen and oxygen atoms in total. The summed E-state index contributed by atoms with van der Waals surface area (Å²) in [5, 5.41) is 4.01. The maximum absolute atomic E-state index is 13.6. The molecule has 0 aliphatic rings. The number of carbonyl (C=O) groups excluding carboxylic acids is 2. The molecule has 0 fully saturated rings. The third kappa shape index (κ3) is 8.59. The minimum atomic E-state index is -0.0646. The Morgan fingerprint density at radius 2 is 1.70 bits per heavy atom. The number of methoxy groups -OCH3 is 3. The van der Waals surface area contributed by atoms with E-state index in [4.69, 9.17) is 14.2 Å². The van der Waals surface area contributed by atoms with E-state index in [2.05, 4.69) is 13.0 Å². The van der Waals surface area contributed by atoms with Crippen molar-refractivity contribution in [3.05, 3.63) is 68.0 Å². The second kappa shape index (κ2) is 14.8. The Hall–Kier alpha value is -2.88. The molecule has 0 N–H and O–H groups in total. The molecule has 1 aromatic carbocycles. The van der Waals surface area contributed by atoms with Gasteiger partial charge in [-0.2, -0.15) is 0 Å². The highest BCUT2D eigenvalue weighted by molar-refractivity contribution is 7.10. The lowest BCUT2D eigenvalue weighted by atomic mass is 10.1. The molecule has 3 aromatic rings. The van der Waals surface area contributed by atoms with Crippen molar-refractivity contribution in [3.8, 4) is 11.5 Å². The SMILES string of the molecule is COCCCN(CC(=O)N(CCc1ccc(OC)c(OC)c1)Cc1sccc1C)C(=O)Cc1cccs1. The molecule has 37 heavy (non-hydrogen) atoms. The summed E-state index contributed by atoms with van der Waals surface area (Å²) < 4.78 is 16.0. The van der Waals surface area contributed by atoms with Crippen LogP contribution in [0.15, 0.2) is 47.2 Å². The Morgan fingerprint density at radius 1 is 0.892 bits per heavy atom. The fourth-order valence-electron chi connectivity index (χ4n) is 3.96. The normalized spacial score (nSPS) is 10.8. The molecule has 0 atom stereocenters. The summed E-state index contributed by atoms with van der Waals surface area (Å²) in [5.74, 6) is 1.23. The molecule has 2 aromatic heterocycles. The van der Waals surface area contributed by atoms with Crippen LogP contribution in [0, 0.1) is 6.92 Å². The van der Waals surface area contributed by atoms with E-state index in [0.29, 0.717) is 57.0 Å². The molecule has 0 saturated carbocycles. The van der Waals surface area contributed by atoms with Crippen LogP contribution in [-0.2, 0) is 33.7 Å². The Balaban J connectivity index is 1.75. The zero-order valence-corrected chi connectivity index (χ0v) is 23.7. The van der Waals surface area contributed by atoms with Crippen LogP contribution >= 0.6 is 22.7 Å². The summed E-state index contributed by atoms with van der Waals surface area (Å²) in [4.78, 5) is 32.5. The summed E-state index contributed by atoms with van der Waals surface area (Å²) in [6.45, 7) is 4.16. The monoisotopic (exact) mass is 544 g/mol. The van der Waals surface area contributed by atoms with Crippen LogP contribution in [0.5, 0.6) is 11.5 Å². The van der Waals surface area contributed by atoms with E-state index < -0.39 is 0 Å². The Bertz CT molecular complexity index is 1130. The van der Waals surface area contributed by atoms with Gasteiger partial charge in [0.2, 0.25) is 11.8 Å². The summed E-state index contributed by atoms with van der Waals surface area (Å²) >= 11 is 3.20. The fourth-order valence-corrected chi connectivity index (χ4v) is 5.58. The lowest BCUT2D eigenvalue weighted by Gasteiger charge is -2.28. The topological polar surface area (TPSA) is 68.3 Å². The number of amides is 2. The van der Waals surface area contributed by atoms with Crippen LogP contribution in [0.25, 0.3) is 0 Å². The summed E-state index contributed by atoms with van der Waals surface area (Å²) in [5.41, 5.74) is 2.21. The third-order valence-electron chi connectivity index (χ3n) is 6.13. The number of hydrogen-bond acceptors (Lipinski definition) is 7.